The molecule has 0 aliphatic carbocycles. The van der Waals surface area contributed by atoms with Crippen LogP contribution < -0.4 is 5.32 Å². The van der Waals surface area contributed by atoms with Crippen molar-refractivity contribution in [3.05, 3.63) is 39.6 Å². The fourth-order valence-electron chi connectivity index (χ4n) is 1.67. The highest BCUT2D eigenvalue weighted by molar-refractivity contribution is 6.37. The fraction of sp³-hybridized carbons (Fsp3) is 0.273. The number of hydrogen-bond acceptors (Lipinski definition) is 1. The maximum atomic E-state index is 13.3. The van der Waals surface area contributed by atoms with Crippen LogP contribution in [0.2, 0.25) is 10.0 Å². The Balaban J connectivity index is 2.50. The monoisotopic (exact) mass is 245 g/mol. The van der Waals surface area contributed by atoms with Gasteiger partial charge in [0, 0.05) is 17.1 Å². The van der Waals surface area contributed by atoms with E-state index in [0.29, 0.717) is 10.6 Å². The van der Waals surface area contributed by atoms with Crippen LogP contribution in [0.15, 0.2) is 18.2 Å². The molecule has 0 unspecified atom stereocenters. The molecule has 80 valence electrons. The van der Waals surface area contributed by atoms with E-state index in [4.69, 9.17) is 23.2 Å². The standard InChI is InChI=1S/C11H10Cl2FN/c12-8-1-2-9(14)11(13)10(8)7-3-5-15-6-4-7/h1-3,15H,4-6H2. The molecule has 0 spiro atoms. The molecule has 4 heteroatoms. The van der Waals surface area contributed by atoms with Gasteiger partial charge in [0.15, 0.2) is 0 Å². The largest absolute Gasteiger partial charge is 0.313 e. The van der Waals surface area contributed by atoms with Crippen LogP contribution in [0.25, 0.3) is 5.57 Å². The summed E-state index contributed by atoms with van der Waals surface area (Å²) < 4.78 is 13.3. The van der Waals surface area contributed by atoms with Gasteiger partial charge in [0.2, 0.25) is 0 Å². The van der Waals surface area contributed by atoms with E-state index in [2.05, 4.69) is 5.32 Å². The fourth-order valence-corrected chi connectivity index (χ4v) is 2.28. The molecule has 1 nitrogen and oxygen atoms in total. The van der Waals surface area contributed by atoms with Crippen molar-refractivity contribution in [2.75, 3.05) is 13.1 Å². The molecule has 1 aliphatic rings. The molecule has 15 heavy (non-hydrogen) atoms. The summed E-state index contributed by atoms with van der Waals surface area (Å²) >= 11 is 11.9. The molecule has 1 N–H and O–H groups in total. The van der Waals surface area contributed by atoms with Crippen molar-refractivity contribution in [1.82, 2.24) is 5.32 Å². The minimum atomic E-state index is -0.421. The lowest BCUT2D eigenvalue weighted by molar-refractivity contribution is 0.627. The molecule has 1 aromatic rings. The quantitative estimate of drug-likeness (QED) is 0.747. The van der Waals surface area contributed by atoms with Crippen molar-refractivity contribution in [1.29, 1.82) is 0 Å². The topological polar surface area (TPSA) is 12.0 Å². The van der Waals surface area contributed by atoms with Crippen LogP contribution in [0.3, 0.4) is 0 Å². The highest BCUT2D eigenvalue weighted by Gasteiger charge is 2.15. The molecule has 0 saturated carbocycles. The SMILES string of the molecule is Fc1ccc(Cl)c(C2=CCNCC2)c1Cl. The van der Waals surface area contributed by atoms with Crippen molar-refractivity contribution in [2.45, 2.75) is 6.42 Å². The van der Waals surface area contributed by atoms with Gasteiger partial charge in [-0.25, -0.2) is 4.39 Å². The Morgan fingerprint density at radius 1 is 1.27 bits per heavy atom. The maximum Gasteiger partial charge on any atom is 0.142 e. The van der Waals surface area contributed by atoms with Crippen molar-refractivity contribution < 1.29 is 4.39 Å². The second-order valence-electron chi connectivity index (χ2n) is 3.40. The summed E-state index contributed by atoms with van der Waals surface area (Å²) in [5.74, 6) is -0.421. The summed E-state index contributed by atoms with van der Waals surface area (Å²) in [7, 11) is 0. The number of benzene rings is 1. The first kappa shape index (κ1) is 10.9. The van der Waals surface area contributed by atoms with Gasteiger partial charge in [-0.05, 0) is 30.7 Å². The zero-order valence-corrected chi connectivity index (χ0v) is 9.50. The summed E-state index contributed by atoms with van der Waals surface area (Å²) in [6, 6.07) is 2.83. The Hall–Kier alpha value is -0.570. The molecule has 0 radical (unpaired) electrons. The third-order valence-corrected chi connectivity index (χ3v) is 3.11. The van der Waals surface area contributed by atoms with Gasteiger partial charge in [-0.2, -0.15) is 0 Å². The maximum absolute atomic E-state index is 13.3. The van der Waals surface area contributed by atoms with E-state index in [-0.39, 0.29) is 5.02 Å². The normalized spacial score (nSPS) is 16.3. The van der Waals surface area contributed by atoms with Gasteiger partial charge in [0.05, 0.1) is 5.02 Å². The summed E-state index contributed by atoms with van der Waals surface area (Å²) in [4.78, 5) is 0. The molecular formula is C11H10Cl2FN. The predicted octanol–water partition coefficient (Wildman–Crippen LogP) is 3.51. The molecule has 0 fully saturated rings. The molecule has 0 aromatic heterocycles. The minimum Gasteiger partial charge on any atom is -0.313 e. The Morgan fingerprint density at radius 2 is 2.07 bits per heavy atom. The first-order valence-corrected chi connectivity index (χ1v) is 5.49. The van der Waals surface area contributed by atoms with Gasteiger partial charge in [-0.1, -0.05) is 29.3 Å². The van der Waals surface area contributed by atoms with Crippen molar-refractivity contribution in [2.24, 2.45) is 0 Å². The summed E-state index contributed by atoms with van der Waals surface area (Å²) in [5, 5.41) is 3.81. The number of halogens is 3. The smallest absolute Gasteiger partial charge is 0.142 e. The van der Waals surface area contributed by atoms with E-state index >= 15 is 0 Å². The van der Waals surface area contributed by atoms with Crippen molar-refractivity contribution >= 4 is 28.8 Å². The third kappa shape index (κ3) is 2.17. The van der Waals surface area contributed by atoms with Crippen LogP contribution in [0.4, 0.5) is 4.39 Å². The van der Waals surface area contributed by atoms with E-state index in [0.717, 1.165) is 25.1 Å². The Kier molecular flexibility index (Phi) is 3.29. The first-order chi connectivity index (χ1) is 7.20. The molecule has 2 rings (SSSR count). The molecular weight excluding hydrogens is 236 g/mol. The minimum absolute atomic E-state index is 0.121. The second kappa shape index (κ2) is 4.52. The van der Waals surface area contributed by atoms with E-state index in [9.17, 15) is 4.39 Å². The summed E-state index contributed by atoms with van der Waals surface area (Å²) in [6.45, 7) is 1.65. The lowest BCUT2D eigenvalue weighted by atomic mass is 10.00. The van der Waals surface area contributed by atoms with Gasteiger partial charge in [0.25, 0.3) is 0 Å². The highest BCUT2D eigenvalue weighted by Crippen LogP contribution is 2.34. The predicted molar refractivity (Wildman–Crippen MR) is 61.9 cm³/mol. The molecule has 1 aliphatic heterocycles. The van der Waals surface area contributed by atoms with Crippen LogP contribution >= 0.6 is 23.2 Å². The summed E-state index contributed by atoms with van der Waals surface area (Å²) in [6.07, 6.45) is 2.82. The van der Waals surface area contributed by atoms with Crippen LogP contribution in [-0.4, -0.2) is 13.1 Å². The molecule has 1 aromatic carbocycles. The van der Waals surface area contributed by atoms with E-state index in [1.54, 1.807) is 6.07 Å². The lowest BCUT2D eigenvalue weighted by Gasteiger charge is -2.16. The Labute approximate surface area is 97.9 Å². The van der Waals surface area contributed by atoms with E-state index < -0.39 is 5.82 Å². The molecule has 0 bridgehead atoms. The molecule has 0 saturated heterocycles. The Morgan fingerprint density at radius 3 is 2.73 bits per heavy atom. The third-order valence-electron chi connectivity index (χ3n) is 2.43. The number of hydrogen-bond donors (Lipinski definition) is 1. The van der Waals surface area contributed by atoms with Gasteiger partial charge < -0.3 is 5.32 Å². The van der Waals surface area contributed by atoms with Crippen molar-refractivity contribution in [3.8, 4) is 0 Å². The average molecular weight is 246 g/mol. The average Bonchev–Trinajstić information content (AvgIpc) is 2.26. The van der Waals surface area contributed by atoms with Gasteiger partial charge >= 0.3 is 0 Å². The van der Waals surface area contributed by atoms with Crippen LogP contribution in [0.1, 0.15) is 12.0 Å². The van der Waals surface area contributed by atoms with Crippen LogP contribution in [0.5, 0.6) is 0 Å². The van der Waals surface area contributed by atoms with E-state index in [1.807, 2.05) is 6.08 Å². The van der Waals surface area contributed by atoms with Crippen molar-refractivity contribution in [3.63, 3.8) is 0 Å². The van der Waals surface area contributed by atoms with E-state index in [1.165, 1.54) is 6.07 Å². The number of rotatable bonds is 1. The second-order valence-corrected chi connectivity index (χ2v) is 4.19. The zero-order chi connectivity index (χ0) is 10.8. The summed E-state index contributed by atoms with van der Waals surface area (Å²) in [5.41, 5.74) is 1.66. The highest BCUT2D eigenvalue weighted by atomic mass is 35.5. The van der Waals surface area contributed by atoms with Gasteiger partial charge in [-0.15, -0.1) is 0 Å². The van der Waals surface area contributed by atoms with Crippen LogP contribution in [-0.2, 0) is 0 Å². The molecule has 1 heterocycles. The zero-order valence-electron chi connectivity index (χ0n) is 7.99. The Bertz CT molecular complexity index is 415. The van der Waals surface area contributed by atoms with Gasteiger partial charge in [0.1, 0.15) is 5.82 Å². The molecule has 0 amide bonds. The number of nitrogens with one attached hydrogen (secondary N) is 1. The first-order valence-electron chi connectivity index (χ1n) is 4.74. The van der Waals surface area contributed by atoms with Crippen LogP contribution in [0, 0.1) is 5.82 Å². The molecule has 0 atom stereocenters. The van der Waals surface area contributed by atoms with Gasteiger partial charge in [-0.3, -0.25) is 0 Å². The lowest BCUT2D eigenvalue weighted by Crippen LogP contribution is -2.20.